The largest absolute Gasteiger partial charge is 0.485 e. The maximum Gasteiger partial charge on any atom is 0.284 e. The van der Waals surface area contributed by atoms with Gasteiger partial charge in [0.2, 0.25) is 6.10 Å². The molecule has 0 radical (unpaired) electrons. The molecule has 1 aromatic heterocycles. The van der Waals surface area contributed by atoms with Crippen LogP contribution in [0.15, 0.2) is 64.2 Å². The molecule has 0 fully saturated rings. The molecule has 1 N–H and O–H groups in total. The molecular weight excluding hydrogens is 434 g/mol. The predicted molar refractivity (Wildman–Crippen MR) is 115 cm³/mol. The maximum atomic E-state index is 12.4. The summed E-state index contributed by atoms with van der Waals surface area (Å²) in [4.78, 5) is 12.4. The minimum absolute atomic E-state index is 0.149. The highest BCUT2D eigenvalue weighted by atomic mass is 79.9. The number of aryl methyl sites for hydroxylation is 1. The van der Waals surface area contributed by atoms with Gasteiger partial charge in [0.15, 0.2) is 11.5 Å². The quantitative estimate of drug-likeness (QED) is 0.476. The van der Waals surface area contributed by atoms with E-state index in [1.165, 1.54) is 0 Å². The molecule has 1 amide bonds. The molecule has 148 valence electrons. The number of fused-ring (bicyclic) bond motifs is 1. The summed E-state index contributed by atoms with van der Waals surface area (Å²) in [5.74, 6) is 0.844. The van der Waals surface area contributed by atoms with Crippen molar-refractivity contribution in [3.8, 4) is 17.2 Å². The van der Waals surface area contributed by atoms with Gasteiger partial charge < -0.3 is 14.0 Å². The van der Waals surface area contributed by atoms with Crippen molar-refractivity contribution >= 4 is 28.1 Å². The Hall–Kier alpha value is -3.06. The fourth-order valence-electron chi connectivity index (χ4n) is 3.32. The van der Waals surface area contributed by atoms with Crippen LogP contribution in [0.1, 0.15) is 17.0 Å². The first-order valence-electron chi connectivity index (χ1n) is 9.19. The molecule has 0 spiro atoms. The number of aromatic nitrogens is 1. The Morgan fingerprint density at radius 1 is 1.17 bits per heavy atom. The second-order valence-corrected chi connectivity index (χ2v) is 7.66. The zero-order valence-corrected chi connectivity index (χ0v) is 17.6. The lowest BCUT2D eigenvalue weighted by Gasteiger charge is -2.24. The second-order valence-electron chi connectivity index (χ2n) is 6.74. The summed E-state index contributed by atoms with van der Waals surface area (Å²) in [5.41, 5.74) is 6.64. The van der Waals surface area contributed by atoms with Crippen LogP contribution in [0.5, 0.6) is 11.5 Å². The van der Waals surface area contributed by atoms with Crippen LogP contribution in [0.3, 0.4) is 0 Å². The smallest absolute Gasteiger partial charge is 0.284 e. The lowest BCUT2D eigenvalue weighted by Crippen LogP contribution is -2.42. The molecule has 7 heteroatoms. The molecule has 2 heterocycles. The van der Waals surface area contributed by atoms with Gasteiger partial charge >= 0.3 is 0 Å². The van der Waals surface area contributed by atoms with E-state index >= 15 is 0 Å². The molecule has 0 aliphatic carbocycles. The van der Waals surface area contributed by atoms with Crippen molar-refractivity contribution in [2.24, 2.45) is 5.10 Å². The molecule has 2 aromatic carbocycles. The molecule has 6 nitrogen and oxygen atoms in total. The van der Waals surface area contributed by atoms with Crippen LogP contribution >= 0.6 is 15.9 Å². The van der Waals surface area contributed by atoms with Gasteiger partial charge in [0.05, 0.1) is 6.21 Å². The first kappa shape index (κ1) is 19.3. The number of benzene rings is 2. The SMILES string of the molecule is Cc1cc(/C=N/NC(=O)C2COc3ccccc3O2)c(C)n1-c1cccc(Br)c1. The van der Waals surface area contributed by atoms with Gasteiger partial charge in [-0.25, -0.2) is 5.43 Å². The number of amides is 1. The van der Waals surface area contributed by atoms with Crippen molar-refractivity contribution < 1.29 is 14.3 Å². The van der Waals surface area contributed by atoms with Gasteiger partial charge in [-0.2, -0.15) is 5.10 Å². The summed E-state index contributed by atoms with van der Waals surface area (Å²) in [7, 11) is 0. The number of nitrogens with one attached hydrogen (secondary N) is 1. The number of hydrogen-bond donors (Lipinski definition) is 1. The van der Waals surface area contributed by atoms with Gasteiger partial charge in [0.25, 0.3) is 5.91 Å². The first-order chi connectivity index (χ1) is 14.0. The van der Waals surface area contributed by atoms with Crippen molar-refractivity contribution in [1.29, 1.82) is 0 Å². The third-order valence-electron chi connectivity index (χ3n) is 4.72. The second kappa shape index (κ2) is 8.13. The normalized spacial score (nSPS) is 15.5. The van der Waals surface area contributed by atoms with E-state index in [0.29, 0.717) is 11.5 Å². The molecule has 1 atom stereocenters. The summed E-state index contributed by atoms with van der Waals surface area (Å²) in [6.07, 6.45) is 0.906. The Labute approximate surface area is 177 Å². The molecule has 0 bridgehead atoms. The number of hydrazone groups is 1. The van der Waals surface area contributed by atoms with Gasteiger partial charge in [-0.3, -0.25) is 4.79 Å². The maximum absolute atomic E-state index is 12.4. The number of halogens is 1. The number of nitrogens with zero attached hydrogens (tertiary/aromatic N) is 2. The zero-order chi connectivity index (χ0) is 20.4. The third-order valence-corrected chi connectivity index (χ3v) is 5.21. The van der Waals surface area contributed by atoms with Crippen LogP contribution in [0.25, 0.3) is 5.69 Å². The topological polar surface area (TPSA) is 64.8 Å². The van der Waals surface area contributed by atoms with Crippen LogP contribution in [-0.4, -0.2) is 29.4 Å². The average molecular weight is 454 g/mol. The van der Waals surface area contributed by atoms with Crippen molar-refractivity contribution in [1.82, 2.24) is 9.99 Å². The van der Waals surface area contributed by atoms with E-state index in [1.54, 1.807) is 12.3 Å². The minimum Gasteiger partial charge on any atom is -0.485 e. The van der Waals surface area contributed by atoms with Crippen molar-refractivity contribution in [2.45, 2.75) is 20.0 Å². The van der Waals surface area contributed by atoms with Crippen LogP contribution < -0.4 is 14.9 Å². The Bertz CT molecular complexity index is 1090. The summed E-state index contributed by atoms with van der Waals surface area (Å²) < 4.78 is 14.4. The molecule has 4 rings (SSSR count). The highest BCUT2D eigenvalue weighted by Gasteiger charge is 2.27. The number of ether oxygens (including phenoxy) is 2. The van der Waals surface area contributed by atoms with Crippen LogP contribution in [0.2, 0.25) is 0 Å². The van der Waals surface area contributed by atoms with Crippen molar-refractivity contribution in [2.75, 3.05) is 6.61 Å². The highest BCUT2D eigenvalue weighted by Crippen LogP contribution is 2.30. The predicted octanol–water partition coefficient (Wildman–Crippen LogP) is 4.15. The zero-order valence-electron chi connectivity index (χ0n) is 16.1. The van der Waals surface area contributed by atoms with E-state index in [-0.39, 0.29) is 12.5 Å². The van der Waals surface area contributed by atoms with Crippen molar-refractivity contribution in [3.05, 3.63) is 76.0 Å². The number of carbonyl (C=O) groups is 1. The summed E-state index contributed by atoms with van der Waals surface area (Å²) in [5, 5.41) is 4.12. The summed E-state index contributed by atoms with van der Waals surface area (Å²) >= 11 is 3.51. The van der Waals surface area contributed by atoms with Gasteiger partial charge in [0, 0.05) is 27.1 Å². The van der Waals surface area contributed by atoms with Crippen molar-refractivity contribution in [3.63, 3.8) is 0 Å². The monoisotopic (exact) mass is 453 g/mol. The number of hydrogen-bond acceptors (Lipinski definition) is 4. The molecule has 0 saturated heterocycles. The minimum atomic E-state index is -0.740. The van der Waals surface area contributed by atoms with Gasteiger partial charge in [-0.05, 0) is 50.2 Å². The summed E-state index contributed by atoms with van der Waals surface area (Å²) in [6, 6.07) is 17.4. The Kier molecular flexibility index (Phi) is 5.40. The van der Waals surface area contributed by atoms with Gasteiger partial charge in [-0.15, -0.1) is 0 Å². The lowest BCUT2D eigenvalue weighted by atomic mass is 10.2. The highest BCUT2D eigenvalue weighted by molar-refractivity contribution is 9.10. The fourth-order valence-corrected chi connectivity index (χ4v) is 3.70. The molecule has 1 aliphatic rings. The van der Waals surface area contributed by atoms with Crippen LogP contribution in [0.4, 0.5) is 0 Å². The third kappa shape index (κ3) is 4.05. The van der Waals surface area contributed by atoms with E-state index in [9.17, 15) is 4.79 Å². The lowest BCUT2D eigenvalue weighted by molar-refractivity contribution is -0.130. The molecule has 0 saturated carbocycles. The standard InChI is InChI=1S/C22H20BrN3O3/c1-14-10-16(15(2)26(14)18-7-5-6-17(23)11-18)12-24-25-22(27)21-13-28-19-8-3-4-9-20(19)29-21/h3-12,21H,13H2,1-2H3,(H,25,27)/b24-12+. The van der Waals surface area contributed by atoms with Gasteiger partial charge in [0.1, 0.15) is 6.61 Å². The average Bonchev–Trinajstić information content (AvgIpc) is 3.00. The molecule has 1 aliphatic heterocycles. The Morgan fingerprint density at radius 2 is 1.97 bits per heavy atom. The summed E-state index contributed by atoms with van der Waals surface area (Å²) in [6.45, 7) is 4.20. The number of rotatable bonds is 4. The van der Waals surface area contributed by atoms with E-state index in [1.807, 2.05) is 56.3 Å². The number of carbonyl (C=O) groups excluding carboxylic acids is 1. The fraction of sp³-hybridized carbons (Fsp3) is 0.182. The Balaban J connectivity index is 1.45. The van der Waals surface area contributed by atoms with Crippen LogP contribution in [-0.2, 0) is 4.79 Å². The molecule has 3 aromatic rings. The van der Waals surface area contributed by atoms with E-state index in [4.69, 9.17) is 9.47 Å². The van der Waals surface area contributed by atoms with Crippen LogP contribution in [0, 0.1) is 13.8 Å². The number of para-hydroxylation sites is 2. The molecular formula is C22H20BrN3O3. The van der Waals surface area contributed by atoms with Gasteiger partial charge in [-0.1, -0.05) is 34.1 Å². The van der Waals surface area contributed by atoms with E-state index in [0.717, 1.165) is 27.1 Å². The first-order valence-corrected chi connectivity index (χ1v) is 9.98. The Morgan fingerprint density at radius 3 is 2.76 bits per heavy atom. The molecule has 1 unspecified atom stereocenters. The van der Waals surface area contributed by atoms with E-state index in [2.05, 4.69) is 37.1 Å². The molecule has 29 heavy (non-hydrogen) atoms. The van der Waals surface area contributed by atoms with E-state index < -0.39 is 6.10 Å².